The molecule has 0 spiro atoms. The number of nitrogens with zero attached hydrogens (tertiary/aromatic N) is 2. The Morgan fingerprint density at radius 1 is 0.926 bits per heavy atom. The predicted octanol–water partition coefficient (Wildman–Crippen LogP) is 3.70. The van der Waals surface area contributed by atoms with Gasteiger partial charge >= 0.3 is 0 Å². The van der Waals surface area contributed by atoms with Crippen LogP contribution in [-0.2, 0) is 7.05 Å². The first-order chi connectivity index (χ1) is 13.1. The first-order valence-corrected chi connectivity index (χ1v) is 8.57. The molecule has 2 aromatic heterocycles. The van der Waals surface area contributed by atoms with Crippen LogP contribution in [0.25, 0.3) is 22.4 Å². The summed E-state index contributed by atoms with van der Waals surface area (Å²) in [7, 11) is 1.88. The fourth-order valence-corrected chi connectivity index (χ4v) is 2.94. The summed E-state index contributed by atoms with van der Waals surface area (Å²) in [6.45, 7) is 0. The minimum absolute atomic E-state index is 0.104. The molecule has 0 radical (unpaired) electrons. The van der Waals surface area contributed by atoms with E-state index in [1.54, 1.807) is 36.7 Å². The molecule has 4 rings (SSSR count). The molecule has 2 aromatic carbocycles. The second kappa shape index (κ2) is 6.88. The zero-order valence-electron chi connectivity index (χ0n) is 14.8. The monoisotopic (exact) mass is 356 g/mol. The number of aliphatic hydroxyl groups is 1. The van der Waals surface area contributed by atoms with Gasteiger partial charge in [-0.25, -0.2) is 9.55 Å². The molecule has 5 heteroatoms. The number of benzene rings is 2. The maximum atomic E-state index is 13.3. The Balaban J connectivity index is 1.92. The van der Waals surface area contributed by atoms with E-state index in [-0.39, 0.29) is 17.1 Å². The van der Waals surface area contributed by atoms with Crippen molar-refractivity contribution in [2.75, 3.05) is 0 Å². The van der Waals surface area contributed by atoms with Crippen LogP contribution >= 0.6 is 0 Å². The number of ketones is 1. The maximum absolute atomic E-state index is 13.3. The van der Waals surface area contributed by atoms with E-state index in [1.807, 2.05) is 54.1 Å². The predicted molar refractivity (Wildman–Crippen MR) is 104 cm³/mol. The van der Waals surface area contributed by atoms with Crippen molar-refractivity contribution in [3.05, 3.63) is 96.1 Å². The summed E-state index contributed by atoms with van der Waals surface area (Å²) in [5, 5.41) is 10.9. The van der Waals surface area contributed by atoms with Crippen molar-refractivity contribution < 1.29 is 14.5 Å². The SMILES string of the molecule is C[n+]1ccc(C(=O)/C(=C(\O)c2ccccc2)c2nc3ccccc3[nH]2)cc1. The van der Waals surface area contributed by atoms with E-state index in [0.717, 1.165) is 11.0 Å². The number of Topliss-reactive ketones (excluding diaryl/α,β-unsaturated/α-hetero) is 1. The number of H-pyrrole nitrogens is 1. The standard InChI is InChI=1S/C22H17N3O2/c1-25-13-11-16(12-14-25)21(27)19(20(26)15-7-3-2-4-8-15)22-23-17-9-5-6-10-18(17)24-22/h2-14,27H,1H3/p+1. The quantitative estimate of drug-likeness (QED) is 0.254. The van der Waals surface area contributed by atoms with Crippen molar-refractivity contribution in [3.8, 4) is 0 Å². The lowest BCUT2D eigenvalue weighted by Crippen LogP contribution is -2.26. The molecule has 5 nitrogen and oxygen atoms in total. The molecule has 0 aliphatic rings. The Kier molecular flexibility index (Phi) is 4.26. The molecule has 27 heavy (non-hydrogen) atoms. The van der Waals surface area contributed by atoms with Gasteiger partial charge in [-0.3, -0.25) is 4.79 Å². The van der Waals surface area contributed by atoms with Gasteiger partial charge in [0.25, 0.3) is 0 Å². The zero-order chi connectivity index (χ0) is 18.8. The smallest absolute Gasteiger partial charge is 0.200 e. The number of nitrogens with one attached hydrogen (secondary N) is 1. The van der Waals surface area contributed by atoms with Gasteiger partial charge < -0.3 is 10.1 Å². The number of aliphatic hydroxyl groups excluding tert-OH is 1. The lowest BCUT2D eigenvalue weighted by Gasteiger charge is -2.08. The minimum atomic E-state index is -0.295. The molecule has 0 unspecified atom stereocenters. The fourth-order valence-electron chi connectivity index (χ4n) is 2.94. The number of fused-ring (bicyclic) bond motifs is 1. The van der Waals surface area contributed by atoms with Crippen molar-refractivity contribution in [1.82, 2.24) is 9.97 Å². The number of aryl methyl sites for hydroxylation is 1. The third kappa shape index (κ3) is 3.22. The number of carbonyl (C=O) groups is 1. The Bertz CT molecular complexity index is 1110. The molecule has 0 saturated carbocycles. The van der Waals surface area contributed by atoms with Crippen molar-refractivity contribution in [1.29, 1.82) is 0 Å². The van der Waals surface area contributed by atoms with Gasteiger partial charge in [-0.15, -0.1) is 0 Å². The number of para-hydroxylation sites is 2. The molecule has 4 aromatic rings. The summed E-state index contributed by atoms with van der Waals surface area (Å²) in [6, 6.07) is 20.0. The number of hydrogen-bond acceptors (Lipinski definition) is 3. The molecule has 0 amide bonds. The lowest BCUT2D eigenvalue weighted by atomic mass is 9.99. The molecule has 132 valence electrons. The number of allylic oxidation sites excluding steroid dienone is 1. The van der Waals surface area contributed by atoms with Gasteiger partial charge in [0.05, 0.1) is 11.0 Å². The molecule has 0 atom stereocenters. The van der Waals surface area contributed by atoms with E-state index < -0.39 is 0 Å². The average Bonchev–Trinajstić information content (AvgIpc) is 3.12. The number of imidazole rings is 1. The number of aromatic nitrogens is 3. The molecule has 0 aliphatic carbocycles. The number of rotatable bonds is 4. The van der Waals surface area contributed by atoms with Crippen LogP contribution < -0.4 is 4.57 Å². The summed E-state index contributed by atoms with van der Waals surface area (Å²) in [6.07, 6.45) is 3.59. The van der Waals surface area contributed by atoms with E-state index >= 15 is 0 Å². The lowest BCUT2D eigenvalue weighted by molar-refractivity contribution is -0.671. The number of hydrogen-bond donors (Lipinski definition) is 2. The van der Waals surface area contributed by atoms with Crippen molar-refractivity contribution >= 4 is 28.1 Å². The zero-order valence-corrected chi connectivity index (χ0v) is 14.8. The van der Waals surface area contributed by atoms with Gasteiger partial charge in [-0.1, -0.05) is 42.5 Å². The highest BCUT2D eigenvalue weighted by Crippen LogP contribution is 2.27. The van der Waals surface area contributed by atoms with Crippen molar-refractivity contribution in [3.63, 3.8) is 0 Å². The van der Waals surface area contributed by atoms with E-state index in [4.69, 9.17) is 0 Å². The average molecular weight is 356 g/mol. The van der Waals surface area contributed by atoms with Crippen molar-refractivity contribution in [2.24, 2.45) is 7.05 Å². The van der Waals surface area contributed by atoms with Crippen LogP contribution in [0.15, 0.2) is 79.1 Å². The van der Waals surface area contributed by atoms with Crippen LogP contribution in [0, 0.1) is 0 Å². The van der Waals surface area contributed by atoms with Crippen molar-refractivity contribution in [2.45, 2.75) is 0 Å². The normalized spacial score (nSPS) is 12.0. The third-order valence-corrected chi connectivity index (χ3v) is 4.38. The third-order valence-electron chi connectivity index (χ3n) is 4.38. The van der Waals surface area contributed by atoms with Crippen LogP contribution in [0.3, 0.4) is 0 Å². The first kappa shape index (κ1) is 16.7. The highest BCUT2D eigenvalue weighted by atomic mass is 16.3. The highest BCUT2D eigenvalue weighted by Gasteiger charge is 2.24. The van der Waals surface area contributed by atoms with E-state index in [2.05, 4.69) is 9.97 Å². The Labute approximate surface area is 156 Å². The topological polar surface area (TPSA) is 69.9 Å². The van der Waals surface area contributed by atoms with Gasteiger partial charge in [0.2, 0.25) is 5.78 Å². The van der Waals surface area contributed by atoms with Gasteiger partial charge in [-0.05, 0) is 12.1 Å². The molecule has 0 fully saturated rings. The minimum Gasteiger partial charge on any atom is -0.506 e. The highest BCUT2D eigenvalue weighted by molar-refractivity contribution is 6.33. The van der Waals surface area contributed by atoms with Crippen LogP contribution in [0.2, 0.25) is 0 Å². The summed E-state index contributed by atoms with van der Waals surface area (Å²) >= 11 is 0. The summed E-state index contributed by atoms with van der Waals surface area (Å²) in [5.74, 6) is -0.0559. The number of carbonyl (C=O) groups excluding carboxylic acids is 1. The van der Waals surface area contributed by atoms with E-state index in [9.17, 15) is 9.90 Å². The molecule has 0 saturated heterocycles. The summed E-state index contributed by atoms with van der Waals surface area (Å²) < 4.78 is 1.85. The van der Waals surface area contributed by atoms with Crippen LogP contribution in [0.5, 0.6) is 0 Å². The maximum Gasteiger partial charge on any atom is 0.200 e. The molecule has 2 heterocycles. The first-order valence-electron chi connectivity index (χ1n) is 8.57. The Morgan fingerprint density at radius 3 is 2.30 bits per heavy atom. The molecule has 2 N–H and O–H groups in total. The van der Waals surface area contributed by atoms with Gasteiger partial charge in [0.1, 0.15) is 24.2 Å². The van der Waals surface area contributed by atoms with Gasteiger partial charge in [-0.2, -0.15) is 0 Å². The summed E-state index contributed by atoms with van der Waals surface area (Å²) in [5.41, 5.74) is 2.72. The Hall–Kier alpha value is -3.73. The second-order valence-electron chi connectivity index (χ2n) is 6.27. The second-order valence-corrected chi connectivity index (χ2v) is 6.27. The van der Waals surface area contributed by atoms with Gasteiger partial charge in [0, 0.05) is 23.3 Å². The van der Waals surface area contributed by atoms with Crippen LogP contribution in [0.4, 0.5) is 0 Å². The summed E-state index contributed by atoms with van der Waals surface area (Å²) in [4.78, 5) is 20.9. The molecule has 0 bridgehead atoms. The molecule has 0 aliphatic heterocycles. The van der Waals surface area contributed by atoms with Gasteiger partial charge in [0.15, 0.2) is 12.4 Å². The Morgan fingerprint density at radius 2 is 1.59 bits per heavy atom. The molecular formula is C22H18N3O2+. The fraction of sp³-hybridized carbons (Fsp3) is 0.0455. The van der Waals surface area contributed by atoms with E-state index in [1.165, 1.54) is 0 Å². The van der Waals surface area contributed by atoms with E-state index in [0.29, 0.717) is 17.0 Å². The van der Waals surface area contributed by atoms with Crippen LogP contribution in [0.1, 0.15) is 21.7 Å². The largest absolute Gasteiger partial charge is 0.506 e. The molecular weight excluding hydrogens is 338 g/mol. The number of pyridine rings is 1. The number of aromatic amines is 1. The van der Waals surface area contributed by atoms with Crippen LogP contribution in [-0.4, -0.2) is 20.9 Å².